The molecule has 1 aliphatic heterocycles. The first-order valence-corrected chi connectivity index (χ1v) is 10.00. The van der Waals surface area contributed by atoms with Gasteiger partial charge < -0.3 is 4.90 Å². The molecule has 4 heteroatoms. The van der Waals surface area contributed by atoms with Gasteiger partial charge in [-0.3, -0.25) is 4.79 Å². The zero-order valence-corrected chi connectivity index (χ0v) is 16.3. The molecule has 0 spiro atoms. The molecule has 1 aliphatic rings. The summed E-state index contributed by atoms with van der Waals surface area (Å²) in [6.45, 7) is 2.84. The number of thiophene rings is 1. The number of aryl methyl sites for hydroxylation is 1. The Balaban J connectivity index is 1.78. The van der Waals surface area contributed by atoms with E-state index in [9.17, 15) is 4.79 Å². The van der Waals surface area contributed by atoms with Gasteiger partial charge in [-0.25, -0.2) is 0 Å². The summed E-state index contributed by atoms with van der Waals surface area (Å²) in [5.41, 5.74) is 4.40. The van der Waals surface area contributed by atoms with E-state index in [1.165, 1.54) is 21.6 Å². The van der Waals surface area contributed by atoms with Gasteiger partial charge in [-0.15, -0.1) is 11.3 Å². The average molecular weight is 412 g/mol. The van der Waals surface area contributed by atoms with Crippen molar-refractivity contribution in [2.24, 2.45) is 0 Å². The third-order valence-electron chi connectivity index (χ3n) is 4.69. The van der Waals surface area contributed by atoms with Crippen molar-refractivity contribution in [3.63, 3.8) is 0 Å². The fraction of sp³-hybridized carbons (Fsp3) is 0.190. The largest absolute Gasteiger partial charge is 0.327 e. The molecule has 0 N–H and O–H groups in total. The quantitative estimate of drug-likeness (QED) is 0.536. The van der Waals surface area contributed by atoms with E-state index in [2.05, 4.69) is 58.6 Å². The molecular formula is C21H18BrNOS. The standard InChI is InChI=1S/C21H18BrNOS/c1-14-5-7-15(8-6-14)20-18-10-12-25-19(18)9-11-23(20)21(24)16-3-2-4-17(22)13-16/h2-8,10,12-13,20H,9,11H2,1H3/t20-/m1/s1. The van der Waals surface area contributed by atoms with Crippen molar-refractivity contribution in [1.29, 1.82) is 0 Å². The highest BCUT2D eigenvalue weighted by molar-refractivity contribution is 9.10. The zero-order chi connectivity index (χ0) is 17.4. The predicted octanol–water partition coefficient (Wildman–Crippen LogP) is 5.61. The highest BCUT2D eigenvalue weighted by Crippen LogP contribution is 2.38. The van der Waals surface area contributed by atoms with Crippen LogP contribution in [-0.2, 0) is 6.42 Å². The Bertz CT molecular complexity index is 916. The number of hydrogen-bond donors (Lipinski definition) is 0. The molecule has 1 atom stereocenters. The predicted molar refractivity (Wildman–Crippen MR) is 106 cm³/mol. The highest BCUT2D eigenvalue weighted by Gasteiger charge is 2.33. The van der Waals surface area contributed by atoms with Crippen molar-refractivity contribution in [2.45, 2.75) is 19.4 Å². The molecule has 1 amide bonds. The molecule has 0 aliphatic carbocycles. The number of halogens is 1. The lowest BCUT2D eigenvalue weighted by Crippen LogP contribution is -2.40. The molecule has 2 aromatic carbocycles. The number of hydrogen-bond acceptors (Lipinski definition) is 2. The van der Waals surface area contributed by atoms with Gasteiger partial charge in [-0.1, -0.05) is 51.8 Å². The average Bonchev–Trinajstić information content (AvgIpc) is 3.10. The van der Waals surface area contributed by atoms with Crippen LogP contribution in [-0.4, -0.2) is 17.4 Å². The molecule has 3 aromatic rings. The van der Waals surface area contributed by atoms with Gasteiger partial charge in [0.05, 0.1) is 6.04 Å². The number of rotatable bonds is 2. The van der Waals surface area contributed by atoms with Crippen LogP contribution >= 0.6 is 27.3 Å². The number of carbonyl (C=O) groups excluding carboxylic acids is 1. The minimum absolute atomic E-state index is 0.0120. The highest BCUT2D eigenvalue weighted by atomic mass is 79.9. The molecule has 2 nitrogen and oxygen atoms in total. The van der Waals surface area contributed by atoms with E-state index in [1.807, 2.05) is 29.2 Å². The van der Waals surface area contributed by atoms with E-state index in [0.717, 1.165) is 23.0 Å². The summed E-state index contributed by atoms with van der Waals surface area (Å²) in [6.07, 6.45) is 0.926. The summed E-state index contributed by atoms with van der Waals surface area (Å²) in [6, 6.07) is 18.4. The van der Waals surface area contributed by atoms with Crippen molar-refractivity contribution in [3.05, 3.63) is 91.6 Å². The van der Waals surface area contributed by atoms with Gasteiger partial charge >= 0.3 is 0 Å². The lowest BCUT2D eigenvalue weighted by atomic mass is 9.92. The van der Waals surface area contributed by atoms with E-state index in [0.29, 0.717) is 0 Å². The van der Waals surface area contributed by atoms with Crippen molar-refractivity contribution in [2.75, 3.05) is 6.54 Å². The molecule has 2 heterocycles. The van der Waals surface area contributed by atoms with Crippen LogP contribution in [0.5, 0.6) is 0 Å². The fourth-order valence-corrected chi connectivity index (χ4v) is 4.73. The maximum atomic E-state index is 13.2. The van der Waals surface area contributed by atoms with Crippen molar-refractivity contribution >= 4 is 33.2 Å². The van der Waals surface area contributed by atoms with Crippen LogP contribution in [0.4, 0.5) is 0 Å². The van der Waals surface area contributed by atoms with Crippen LogP contribution in [0.25, 0.3) is 0 Å². The Morgan fingerprint density at radius 2 is 1.96 bits per heavy atom. The Morgan fingerprint density at radius 1 is 1.16 bits per heavy atom. The second-order valence-electron chi connectivity index (χ2n) is 6.37. The monoisotopic (exact) mass is 411 g/mol. The van der Waals surface area contributed by atoms with Crippen molar-refractivity contribution in [3.8, 4) is 0 Å². The van der Waals surface area contributed by atoms with Gasteiger partial charge in [0.1, 0.15) is 0 Å². The van der Waals surface area contributed by atoms with Gasteiger partial charge in [-0.05, 0) is 54.1 Å². The van der Waals surface area contributed by atoms with Crippen molar-refractivity contribution < 1.29 is 4.79 Å². The van der Waals surface area contributed by atoms with Crippen LogP contribution in [0, 0.1) is 6.92 Å². The summed E-state index contributed by atoms with van der Waals surface area (Å²) < 4.78 is 0.929. The Morgan fingerprint density at radius 3 is 2.72 bits per heavy atom. The summed E-state index contributed by atoms with van der Waals surface area (Å²) in [5.74, 6) is 0.0868. The van der Waals surface area contributed by atoms with E-state index in [1.54, 1.807) is 11.3 Å². The molecule has 126 valence electrons. The van der Waals surface area contributed by atoms with Crippen LogP contribution in [0.15, 0.2) is 64.5 Å². The minimum atomic E-state index is -0.0120. The van der Waals surface area contributed by atoms with Crippen molar-refractivity contribution in [1.82, 2.24) is 4.90 Å². The normalized spacial score (nSPS) is 16.6. The van der Waals surface area contributed by atoms with E-state index < -0.39 is 0 Å². The number of carbonyl (C=O) groups is 1. The SMILES string of the molecule is Cc1ccc([C@@H]2c3ccsc3CCN2C(=O)c2cccc(Br)c2)cc1. The molecule has 4 rings (SSSR count). The molecule has 0 fully saturated rings. The van der Waals surface area contributed by atoms with Crippen LogP contribution < -0.4 is 0 Å². The van der Waals surface area contributed by atoms with Crippen LogP contribution in [0.1, 0.15) is 38.0 Å². The lowest BCUT2D eigenvalue weighted by molar-refractivity contribution is 0.0696. The van der Waals surface area contributed by atoms with Gasteiger partial charge in [0.25, 0.3) is 5.91 Å². The number of fused-ring (bicyclic) bond motifs is 1. The van der Waals surface area contributed by atoms with Gasteiger partial charge in [0.15, 0.2) is 0 Å². The maximum Gasteiger partial charge on any atom is 0.254 e. The molecule has 25 heavy (non-hydrogen) atoms. The Hall–Kier alpha value is -1.91. The molecule has 0 radical (unpaired) electrons. The minimum Gasteiger partial charge on any atom is -0.327 e. The molecule has 1 aromatic heterocycles. The second-order valence-corrected chi connectivity index (χ2v) is 8.29. The first kappa shape index (κ1) is 16.6. The van der Waals surface area contributed by atoms with Gasteiger partial charge in [0, 0.05) is 21.5 Å². The Labute approximate surface area is 160 Å². The van der Waals surface area contributed by atoms with Gasteiger partial charge in [-0.2, -0.15) is 0 Å². The topological polar surface area (TPSA) is 20.3 Å². The summed E-state index contributed by atoms with van der Waals surface area (Å²) in [4.78, 5) is 16.7. The third-order valence-corrected chi connectivity index (χ3v) is 6.18. The molecule has 0 saturated carbocycles. The Kier molecular flexibility index (Phi) is 4.48. The smallest absolute Gasteiger partial charge is 0.254 e. The van der Waals surface area contributed by atoms with Crippen LogP contribution in [0.3, 0.4) is 0 Å². The van der Waals surface area contributed by atoms with E-state index in [-0.39, 0.29) is 11.9 Å². The molecule has 0 unspecified atom stereocenters. The zero-order valence-electron chi connectivity index (χ0n) is 13.9. The number of amides is 1. The second kappa shape index (κ2) is 6.77. The fourth-order valence-electron chi connectivity index (χ4n) is 3.43. The molecule has 0 bridgehead atoms. The lowest BCUT2D eigenvalue weighted by Gasteiger charge is -2.36. The maximum absolute atomic E-state index is 13.2. The van der Waals surface area contributed by atoms with E-state index in [4.69, 9.17) is 0 Å². The molecule has 0 saturated heterocycles. The number of benzene rings is 2. The summed E-state index contributed by atoms with van der Waals surface area (Å²) in [5, 5.41) is 2.14. The first-order chi connectivity index (χ1) is 12.1. The summed E-state index contributed by atoms with van der Waals surface area (Å²) >= 11 is 5.27. The van der Waals surface area contributed by atoms with Gasteiger partial charge in [0.2, 0.25) is 0 Å². The summed E-state index contributed by atoms with van der Waals surface area (Å²) in [7, 11) is 0. The first-order valence-electron chi connectivity index (χ1n) is 8.33. The molecular weight excluding hydrogens is 394 g/mol. The number of nitrogens with zero attached hydrogens (tertiary/aromatic N) is 1. The third kappa shape index (κ3) is 3.16. The van der Waals surface area contributed by atoms with Crippen LogP contribution in [0.2, 0.25) is 0 Å². The van der Waals surface area contributed by atoms with E-state index >= 15 is 0 Å².